The molecule has 0 spiro atoms. The van der Waals surface area contributed by atoms with Gasteiger partial charge in [-0.25, -0.2) is 0 Å². The van der Waals surface area contributed by atoms with Crippen LogP contribution >= 0.6 is 11.6 Å². The van der Waals surface area contributed by atoms with E-state index in [9.17, 15) is 25.2 Å². The van der Waals surface area contributed by atoms with E-state index in [1.807, 2.05) is 12.1 Å². The summed E-state index contributed by atoms with van der Waals surface area (Å²) in [6.07, 6.45) is -6.95. The molecule has 2 aliphatic heterocycles. The Morgan fingerprint density at radius 1 is 1.00 bits per heavy atom. The highest BCUT2D eigenvalue weighted by molar-refractivity contribution is 6.32. The zero-order valence-corrected chi connectivity index (χ0v) is 18.5. The minimum atomic E-state index is -1.54. The van der Waals surface area contributed by atoms with E-state index < -0.39 is 37.3 Å². The number of nitrogens with zero attached hydrogens (tertiary/aromatic N) is 1. The molecule has 33 heavy (non-hydrogen) atoms. The third-order valence-corrected chi connectivity index (χ3v) is 6.08. The van der Waals surface area contributed by atoms with E-state index >= 15 is 0 Å². The zero-order valence-electron chi connectivity index (χ0n) is 17.7. The number of hydrogen-bond donors (Lipinski definition) is 4. The van der Waals surface area contributed by atoms with Gasteiger partial charge in [0.05, 0.1) is 24.8 Å². The summed E-state index contributed by atoms with van der Waals surface area (Å²) in [7, 11) is 0. The average molecular weight is 480 g/mol. The topological polar surface area (TPSA) is 129 Å². The van der Waals surface area contributed by atoms with Crippen LogP contribution in [0.2, 0.25) is 5.02 Å². The first-order valence-corrected chi connectivity index (χ1v) is 11.0. The summed E-state index contributed by atoms with van der Waals surface area (Å²) in [4.78, 5) is 14.4. The second-order valence-electron chi connectivity index (χ2n) is 7.94. The fourth-order valence-corrected chi connectivity index (χ4v) is 4.05. The van der Waals surface area contributed by atoms with Gasteiger partial charge >= 0.3 is 0 Å². The van der Waals surface area contributed by atoms with Crippen molar-refractivity contribution in [3.63, 3.8) is 0 Å². The number of hydrogen-bond acceptors (Lipinski definition) is 8. The second-order valence-corrected chi connectivity index (χ2v) is 8.35. The minimum absolute atomic E-state index is 0.0360. The summed E-state index contributed by atoms with van der Waals surface area (Å²) < 4.78 is 16.3. The molecule has 2 saturated heterocycles. The minimum Gasteiger partial charge on any atom is -0.460 e. The zero-order chi connectivity index (χ0) is 23.5. The number of aliphatic hydroxyl groups excluding tert-OH is 4. The van der Waals surface area contributed by atoms with Gasteiger partial charge in [-0.1, -0.05) is 29.8 Å². The Bertz CT molecular complexity index is 963. The molecule has 2 aliphatic rings. The Kier molecular flexibility index (Phi) is 7.50. The average Bonchev–Trinajstić information content (AvgIpc) is 2.85. The first-order valence-electron chi connectivity index (χ1n) is 10.6. The molecule has 0 saturated carbocycles. The van der Waals surface area contributed by atoms with Crippen LogP contribution in [0.1, 0.15) is 10.4 Å². The fraction of sp³-hybridized carbons (Fsp3) is 0.435. The Labute approximate surface area is 195 Å². The van der Waals surface area contributed by atoms with Gasteiger partial charge in [-0.2, -0.15) is 0 Å². The van der Waals surface area contributed by atoms with Gasteiger partial charge in [0.15, 0.2) is 0 Å². The highest BCUT2D eigenvalue weighted by atomic mass is 35.5. The van der Waals surface area contributed by atoms with Crippen LogP contribution in [0.4, 0.5) is 0 Å². The molecule has 5 atom stereocenters. The van der Waals surface area contributed by atoms with Crippen molar-refractivity contribution in [2.45, 2.75) is 30.7 Å². The van der Waals surface area contributed by atoms with Crippen molar-refractivity contribution < 1.29 is 39.4 Å². The van der Waals surface area contributed by atoms with Crippen LogP contribution < -0.4 is 4.74 Å². The Morgan fingerprint density at radius 2 is 1.67 bits per heavy atom. The summed E-state index contributed by atoms with van der Waals surface area (Å²) >= 11 is 6.37. The van der Waals surface area contributed by atoms with E-state index in [4.69, 9.17) is 25.8 Å². The molecule has 9 nitrogen and oxygen atoms in total. The lowest BCUT2D eigenvalue weighted by molar-refractivity contribution is -0.277. The number of amides is 1. The third-order valence-electron chi connectivity index (χ3n) is 5.79. The number of halogens is 1. The van der Waals surface area contributed by atoms with Gasteiger partial charge < -0.3 is 39.5 Å². The predicted octanol–water partition coefficient (Wildman–Crippen LogP) is 0.658. The number of benzene rings is 2. The number of aliphatic hydroxyl groups is 4. The maximum Gasteiger partial charge on any atom is 0.254 e. The predicted molar refractivity (Wildman–Crippen MR) is 118 cm³/mol. The molecule has 4 N–H and O–H groups in total. The van der Waals surface area contributed by atoms with Gasteiger partial charge in [0.1, 0.15) is 30.2 Å². The molecule has 0 aliphatic carbocycles. The van der Waals surface area contributed by atoms with Crippen molar-refractivity contribution in [3.05, 3.63) is 53.1 Å². The Hall–Kier alpha value is -2.24. The molecule has 2 fully saturated rings. The molecule has 1 amide bonds. The lowest BCUT2D eigenvalue weighted by Crippen LogP contribution is -2.60. The van der Waals surface area contributed by atoms with Crippen molar-refractivity contribution in [2.75, 3.05) is 32.9 Å². The molecule has 0 aromatic heterocycles. The lowest BCUT2D eigenvalue weighted by Gasteiger charge is -2.39. The number of carbonyl (C=O) groups is 1. The molecule has 2 aromatic carbocycles. The van der Waals surface area contributed by atoms with E-state index in [2.05, 4.69) is 0 Å². The maximum atomic E-state index is 12.6. The lowest BCUT2D eigenvalue weighted by atomic mass is 9.99. The van der Waals surface area contributed by atoms with Crippen LogP contribution in [-0.2, 0) is 9.47 Å². The molecule has 0 radical (unpaired) electrons. The Morgan fingerprint density at radius 3 is 2.30 bits per heavy atom. The summed E-state index contributed by atoms with van der Waals surface area (Å²) in [6.45, 7) is 1.68. The number of rotatable bonds is 5. The first-order chi connectivity index (χ1) is 15.9. The highest BCUT2D eigenvalue weighted by Gasteiger charge is 2.44. The maximum absolute atomic E-state index is 12.6. The molecule has 178 valence electrons. The molecule has 0 bridgehead atoms. The van der Waals surface area contributed by atoms with E-state index in [1.54, 1.807) is 35.2 Å². The molecule has 2 aromatic rings. The first kappa shape index (κ1) is 23.9. The van der Waals surface area contributed by atoms with Gasteiger partial charge in [-0.15, -0.1) is 0 Å². The van der Waals surface area contributed by atoms with Crippen molar-refractivity contribution in [2.24, 2.45) is 0 Å². The molecule has 4 rings (SSSR count). The van der Waals surface area contributed by atoms with Crippen molar-refractivity contribution >= 4 is 17.5 Å². The number of carbonyl (C=O) groups excluding carboxylic acids is 1. The largest absolute Gasteiger partial charge is 0.460 e. The van der Waals surface area contributed by atoms with Gasteiger partial charge in [0.25, 0.3) is 5.91 Å². The van der Waals surface area contributed by atoms with E-state index in [0.29, 0.717) is 31.9 Å². The molecular weight excluding hydrogens is 454 g/mol. The molecule has 0 unspecified atom stereocenters. The van der Waals surface area contributed by atoms with Gasteiger partial charge in [-0.3, -0.25) is 4.79 Å². The van der Waals surface area contributed by atoms with Gasteiger partial charge in [-0.05, 0) is 35.4 Å². The van der Waals surface area contributed by atoms with Gasteiger partial charge in [0, 0.05) is 18.7 Å². The summed E-state index contributed by atoms with van der Waals surface area (Å²) in [5.41, 5.74) is 2.22. The van der Waals surface area contributed by atoms with Crippen LogP contribution in [0.25, 0.3) is 11.1 Å². The van der Waals surface area contributed by atoms with Crippen molar-refractivity contribution in [1.29, 1.82) is 0 Å². The molecule has 10 heteroatoms. The third kappa shape index (κ3) is 5.15. The standard InChI is InChI=1S/C23H26ClNO8/c24-16-11-15(13-1-3-14(4-2-13)22(30)25-7-9-31-10-8-25)5-6-17(16)32-23-21(29)20(28)19(27)18(12-26)33-23/h1-6,11,18-21,23,26-29H,7-10,12H2/t18-,19-,20+,21+,23-/m1/s1. The summed E-state index contributed by atoms with van der Waals surface area (Å²) in [6, 6.07) is 12.2. The van der Waals surface area contributed by atoms with E-state index in [0.717, 1.165) is 11.1 Å². The molecular formula is C23H26ClNO8. The quantitative estimate of drug-likeness (QED) is 0.492. The monoisotopic (exact) mass is 479 g/mol. The summed E-state index contributed by atoms with van der Waals surface area (Å²) in [5.74, 6) is 0.162. The fourth-order valence-electron chi connectivity index (χ4n) is 3.82. The number of ether oxygens (including phenoxy) is 3. The van der Waals surface area contributed by atoms with Crippen LogP contribution in [0.3, 0.4) is 0 Å². The normalized spacial score (nSPS) is 27.9. The van der Waals surface area contributed by atoms with E-state index in [1.165, 1.54) is 0 Å². The molecule has 2 heterocycles. The smallest absolute Gasteiger partial charge is 0.254 e. The van der Waals surface area contributed by atoms with Gasteiger partial charge in [0.2, 0.25) is 6.29 Å². The second kappa shape index (κ2) is 10.4. The van der Waals surface area contributed by atoms with E-state index in [-0.39, 0.29) is 16.7 Å². The van der Waals surface area contributed by atoms with Crippen LogP contribution in [0.15, 0.2) is 42.5 Å². The van der Waals surface area contributed by atoms with Crippen LogP contribution in [-0.4, -0.2) is 94.8 Å². The van der Waals surface area contributed by atoms with Crippen molar-refractivity contribution in [3.8, 4) is 16.9 Å². The van der Waals surface area contributed by atoms with Crippen LogP contribution in [0.5, 0.6) is 5.75 Å². The Balaban J connectivity index is 1.45. The number of morpholine rings is 1. The van der Waals surface area contributed by atoms with Crippen LogP contribution in [0, 0.1) is 0 Å². The van der Waals surface area contributed by atoms with Crippen molar-refractivity contribution in [1.82, 2.24) is 4.90 Å². The highest BCUT2D eigenvalue weighted by Crippen LogP contribution is 2.33. The summed E-state index contributed by atoms with van der Waals surface area (Å²) in [5, 5.41) is 39.5. The SMILES string of the molecule is O=C(c1ccc(-c2ccc(O[C@@H]3O[C@H](CO)[C@@H](O)[C@H](O)[C@@H]3O)c(Cl)c2)cc1)N1CCOCC1.